The Bertz CT molecular complexity index is 437. The lowest BCUT2D eigenvalue weighted by atomic mass is 10.2. The molecule has 0 spiro atoms. The lowest BCUT2D eigenvalue weighted by Gasteiger charge is -2.15. The van der Waals surface area contributed by atoms with Gasteiger partial charge in [0, 0.05) is 19.6 Å². The minimum absolute atomic E-state index is 0.00566. The Morgan fingerprint density at radius 3 is 3.10 bits per heavy atom. The van der Waals surface area contributed by atoms with Gasteiger partial charge < -0.3 is 20.3 Å². The van der Waals surface area contributed by atoms with Gasteiger partial charge in [0.2, 0.25) is 0 Å². The van der Waals surface area contributed by atoms with E-state index >= 15 is 0 Å². The zero-order valence-corrected chi connectivity index (χ0v) is 12.0. The minimum Gasteiger partial charge on any atom is -0.492 e. The smallest absolute Gasteiger partial charge is 0.317 e. The molecule has 2 N–H and O–H groups in total. The van der Waals surface area contributed by atoms with E-state index in [1.165, 1.54) is 5.56 Å². The van der Waals surface area contributed by atoms with E-state index in [2.05, 4.69) is 23.6 Å². The van der Waals surface area contributed by atoms with Crippen molar-refractivity contribution in [3.63, 3.8) is 0 Å². The summed E-state index contributed by atoms with van der Waals surface area (Å²) in [7, 11) is 0. The fourth-order valence-electron chi connectivity index (χ4n) is 2.15. The number of hydrogen-bond acceptors (Lipinski definition) is 3. The summed E-state index contributed by atoms with van der Waals surface area (Å²) in [6, 6.07) is 8.09. The lowest BCUT2D eigenvalue weighted by Crippen LogP contribution is -2.31. The molecule has 2 rings (SSSR count). The SMILES string of the molecule is CCCNCc1cccc(OCCN2CCNC2=O)c1. The van der Waals surface area contributed by atoms with Gasteiger partial charge in [0.25, 0.3) is 0 Å². The highest BCUT2D eigenvalue weighted by atomic mass is 16.5. The molecule has 110 valence electrons. The first-order chi connectivity index (χ1) is 9.79. The second-order valence-corrected chi connectivity index (χ2v) is 4.89. The summed E-state index contributed by atoms with van der Waals surface area (Å²) < 4.78 is 5.71. The predicted molar refractivity (Wildman–Crippen MR) is 78.9 cm³/mol. The molecule has 5 nitrogen and oxygen atoms in total. The number of nitrogens with one attached hydrogen (secondary N) is 2. The summed E-state index contributed by atoms with van der Waals surface area (Å²) in [5.41, 5.74) is 1.22. The number of carbonyl (C=O) groups excluding carboxylic acids is 1. The van der Waals surface area contributed by atoms with Crippen molar-refractivity contribution in [2.75, 3.05) is 32.8 Å². The first-order valence-corrected chi connectivity index (χ1v) is 7.25. The molecule has 1 aromatic rings. The topological polar surface area (TPSA) is 53.6 Å². The highest BCUT2D eigenvalue weighted by Crippen LogP contribution is 2.13. The fraction of sp³-hybridized carbons (Fsp3) is 0.533. The van der Waals surface area contributed by atoms with Gasteiger partial charge in [0.15, 0.2) is 0 Å². The van der Waals surface area contributed by atoms with Crippen LogP contribution in [0.4, 0.5) is 4.79 Å². The predicted octanol–water partition coefficient (Wildman–Crippen LogP) is 1.59. The number of urea groups is 1. The van der Waals surface area contributed by atoms with Gasteiger partial charge in [0.1, 0.15) is 12.4 Å². The van der Waals surface area contributed by atoms with Crippen molar-refractivity contribution in [3.8, 4) is 5.75 Å². The van der Waals surface area contributed by atoms with Gasteiger partial charge in [-0.1, -0.05) is 19.1 Å². The normalized spacial score (nSPS) is 14.4. The van der Waals surface area contributed by atoms with E-state index in [9.17, 15) is 4.79 Å². The summed E-state index contributed by atoms with van der Waals surface area (Å²) in [5, 5.41) is 6.15. The second-order valence-electron chi connectivity index (χ2n) is 4.89. The Hall–Kier alpha value is -1.75. The summed E-state index contributed by atoms with van der Waals surface area (Å²) in [4.78, 5) is 13.1. The van der Waals surface area contributed by atoms with Gasteiger partial charge in [-0.15, -0.1) is 0 Å². The van der Waals surface area contributed by atoms with Crippen molar-refractivity contribution < 1.29 is 9.53 Å². The Morgan fingerprint density at radius 1 is 1.45 bits per heavy atom. The van der Waals surface area contributed by atoms with Crippen molar-refractivity contribution in [1.82, 2.24) is 15.5 Å². The molecule has 0 bridgehead atoms. The molecular weight excluding hydrogens is 254 g/mol. The molecule has 1 aliphatic rings. The highest BCUT2D eigenvalue weighted by molar-refractivity contribution is 5.76. The third-order valence-corrected chi connectivity index (χ3v) is 3.23. The molecular formula is C15H23N3O2. The Labute approximate surface area is 120 Å². The molecule has 20 heavy (non-hydrogen) atoms. The molecule has 1 saturated heterocycles. The van der Waals surface area contributed by atoms with Gasteiger partial charge in [-0.2, -0.15) is 0 Å². The molecule has 0 aromatic heterocycles. The van der Waals surface area contributed by atoms with Crippen LogP contribution >= 0.6 is 0 Å². The molecule has 5 heteroatoms. The van der Waals surface area contributed by atoms with Crippen LogP contribution in [-0.2, 0) is 6.54 Å². The van der Waals surface area contributed by atoms with Crippen LogP contribution in [0.15, 0.2) is 24.3 Å². The molecule has 0 radical (unpaired) electrons. The molecule has 2 amide bonds. The van der Waals surface area contributed by atoms with E-state index < -0.39 is 0 Å². The third-order valence-electron chi connectivity index (χ3n) is 3.23. The van der Waals surface area contributed by atoms with Crippen LogP contribution < -0.4 is 15.4 Å². The first kappa shape index (κ1) is 14.7. The number of hydrogen-bond donors (Lipinski definition) is 2. The van der Waals surface area contributed by atoms with Gasteiger partial charge in [-0.3, -0.25) is 0 Å². The maximum atomic E-state index is 11.4. The molecule has 1 fully saturated rings. The maximum absolute atomic E-state index is 11.4. The van der Waals surface area contributed by atoms with Crippen molar-refractivity contribution >= 4 is 6.03 Å². The van der Waals surface area contributed by atoms with E-state index in [0.717, 1.165) is 38.3 Å². The third kappa shape index (κ3) is 4.42. The Kier molecular flexibility index (Phi) is 5.68. The van der Waals surface area contributed by atoms with Gasteiger partial charge in [0.05, 0.1) is 6.54 Å². The van der Waals surface area contributed by atoms with Crippen molar-refractivity contribution in [2.45, 2.75) is 19.9 Å². The molecule has 0 atom stereocenters. The van der Waals surface area contributed by atoms with Crippen molar-refractivity contribution in [3.05, 3.63) is 29.8 Å². The van der Waals surface area contributed by atoms with Crippen LogP contribution in [0, 0.1) is 0 Å². The van der Waals surface area contributed by atoms with Crippen molar-refractivity contribution in [1.29, 1.82) is 0 Å². The van der Waals surface area contributed by atoms with Gasteiger partial charge in [-0.25, -0.2) is 4.79 Å². The minimum atomic E-state index is 0.00566. The average Bonchev–Trinajstić information content (AvgIpc) is 2.85. The van der Waals surface area contributed by atoms with E-state index in [0.29, 0.717) is 13.2 Å². The van der Waals surface area contributed by atoms with Gasteiger partial charge >= 0.3 is 6.03 Å². The quantitative estimate of drug-likeness (QED) is 0.710. The molecule has 0 saturated carbocycles. The standard InChI is InChI=1S/C15H23N3O2/c1-2-6-16-12-13-4-3-5-14(11-13)20-10-9-18-8-7-17-15(18)19/h3-5,11,16H,2,6-10,12H2,1H3,(H,17,19). The Balaban J connectivity index is 1.74. The highest BCUT2D eigenvalue weighted by Gasteiger charge is 2.18. The molecule has 1 aliphatic heterocycles. The van der Waals surface area contributed by atoms with E-state index in [1.54, 1.807) is 4.90 Å². The van der Waals surface area contributed by atoms with Gasteiger partial charge in [-0.05, 0) is 30.7 Å². The van der Waals surface area contributed by atoms with Crippen LogP contribution in [0.25, 0.3) is 0 Å². The maximum Gasteiger partial charge on any atom is 0.317 e. The fourth-order valence-corrected chi connectivity index (χ4v) is 2.15. The summed E-state index contributed by atoms with van der Waals surface area (Å²) in [5.74, 6) is 0.861. The number of carbonyl (C=O) groups is 1. The molecule has 1 heterocycles. The molecule has 1 aromatic carbocycles. The van der Waals surface area contributed by atoms with Crippen LogP contribution in [0.1, 0.15) is 18.9 Å². The number of amides is 2. The van der Waals surface area contributed by atoms with Crippen LogP contribution in [0.5, 0.6) is 5.75 Å². The van der Waals surface area contributed by atoms with E-state index in [1.807, 2.05) is 18.2 Å². The molecule has 0 unspecified atom stereocenters. The zero-order valence-electron chi connectivity index (χ0n) is 12.0. The summed E-state index contributed by atoms with van der Waals surface area (Å²) in [6.07, 6.45) is 1.13. The lowest BCUT2D eigenvalue weighted by molar-refractivity contribution is 0.202. The van der Waals surface area contributed by atoms with Crippen LogP contribution in [0.3, 0.4) is 0 Å². The number of ether oxygens (including phenoxy) is 1. The van der Waals surface area contributed by atoms with Crippen LogP contribution in [-0.4, -0.2) is 43.7 Å². The second kappa shape index (κ2) is 7.75. The average molecular weight is 277 g/mol. The Morgan fingerprint density at radius 2 is 2.35 bits per heavy atom. The largest absolute Gasteiger partial charge is 0.492 e. The number of rotatable bonds is 8. The summed E-state index contributed by atoms with van der Waals surface area (Å²) >= 11 is 0. The monoisotopic (exact) mass is 277 g/mol. The first-order valence-electron chi connectivity index (χ1n) is 7.25. The van der Waals surface area contributed by atoms with E-state index in [-0.39, 0.29) is 6.03 Å². The number of nitrogens with zero attached hydrogens (tertiary/aromatic N) is 1. The van der Waals surface area contributed by atoms with E-state index in [4.69, 9.17) is 4.74 Å². The zero-order chi connectivity index (χ0) is 14.2. The molecule has 0 aliphatic carbocycles. The van der Waals surface area contributed by atoms with Crippen LogP contribution in [0.2, 0.25) is 0 Å². The van der Waals surface area contributed by atoms with Crippen molar-refractivity contribution in [2.24, 2.45) is 0 Å². The summed E-state index contributed by atoms with van der Waals surface area (Å²) in [6.45, 7) is 6.69. The number of benzene rings is 1.